The molecule has 0 bridgehead atoms. The average Bonchev–Trinajstić information content (AvgIpc) is 3.16. The largest absolute Gasteiger partial charge is 0.356 e. The van der Waals surface area contributed by atoms with E-state index in [4.69, 9.17) is 0 Å². The minimum absolute atomic E-state index is 0.0688. The Kier molecular flexibility index (Phi) is 8.03. The average molecular weight is 440 g/mol. The number of nitrogens with zero attached hydrogens (tertiary/aromatic N) is 4. The molecule has 8 heteroatoms. The molecule has 172 valence electrons. The maximum absolute atomic E-state index is 13.2. The van der Waals surface area contributed by atoms with Crippen LogP contribution in [0.15, 0.2) is 30.3 Å². The summed E-state index contributed by atoms with van der Waals surface area (Å²) in [6.45, 7) is 9.09. The van der Waals surface area contributed by atoms with E-state index >= 15 is 0 Å². The normalized spacial score (nSPS) is 13.5. The molecule has 0 unspecified atom stereocenters. The van der Waals surface area contributed by atoms with E-state index in [1.165, 1.54) is 5.56 Å². The Hall–Kier alpha value is -3.16. The summed E-state index contributed by atoms with van der Waals surface area (Å²) in [7, 11) is 0. The van der Waals surface area contributed by atoms with Crippen LogP contribution >= 0.6 is 0 Å². The third-order valence-electron chi connectivity index (χ3n) is 5.65. The first-order valence-electron chi connectivity index (χ1n) is 11.4. The fourth-order valence-electron chi connectivity index (χ4n) is 3.76. The molecule has 1 aromatic carbocycles. The molecule has 1 aliphatic rings. The number of aromatic nitrogens is 2. The van der Waals surface area contributed by atoms with Crippen LogP contribution in [0.1, 0.15) is 65.2 Å². The van der Waals surface area contributed by atoms with E-state index in [0.717, 1.165) is 18.4 Å². The van der Waals surface area contributed by atoms with Crippen LogP contribution in [-0.2, 0) is 17.9 Å². The first-order chi connectivity index (χ1) is 15.4. The second-order valence-electron chi connectivity index (χ2n) is 8.19. The molecule has 32 heavy (non-hydrogen) atoms. The summed E-state index contributed by atoms with van der Waals surface area (Å²) in [6.07, 6.45) is 1.89. The number of nitrogens with one attached hydrogen (secondary N) is 1. The van der Waals surface area contributed by atoms with E-state index < -0.39 is 0 Å². The molecule has 0 saturated carbocycles. The topological polar surface area (TPSA) is 87.5 Å². The van der Waals surface area contributed by atoms with Gasteiger partial charge in [-0.3, -0.25) is 19.1 Å². The maximum Gasteiger partial charge on any atom is 0.274 e. The Morgan fingerprint density at radius 3 is 2.59 bits per heavy atom. The fraction of sp³-hybridized carbons (Fsp3) is 0.500. The van der Waals surface area contributed by atoms with Crippen LogP contribution in [0.4, 0.5) is 0 Å². The van der Waals surface area contributed by atoms with E-state index in [1.54, 1.807) is 15.6 Å². The van der Waals surface area contributed by atoms with Gasteiger partial charge in [-0.1, -0.05) is 36.8 Å². The summed E-state index contributed by atoms with van der Waals surface area (Å²) in [5.41, 5.74) is 2.95. The molecule has 0 aliphatic carbocycles. The first kappa shape index (κ1) is 23.5. The Morgan fingerprint density at radius 2 is 1.91 bits per heavy atom. The number of aryl methyl sites for hydroxylation is 2. The van der Waals surface area contributed by atoms with Gasteiger partial charge in [-0.2, -0.15) is 5.10 Å². The van der Waals surface area contributed by atoms with Crippen LogP contribution < -0.4 is 5.32 Å². The lowest BCUT2D eigenvalue weighted by molar-refractivity contribution is -0.121. The summed E-state index contributed by atoms with van der Waals surface area (Å²) >= 11 is 0. The number of benzene rings is 1. The molecule has 3 amide bonds. The number of amides is 3. The van der Waals surface area contributed by atoms with Crippen molar-refractivity contribution in [1.82, 2.24) is 24.9 Å². The molecule has 0 fully saturated rings. The van der Waals surface area contributed by atoms with Gasteiger partial charge in [0.15, 0.2) is 5.69 Å². The lowest BCUT2D eigenvalue weighted by Gasteiger charge is -2.20. The highest BCUT2D eigenvalue weighted by Crippen LogP contribution is 2.18. The van der Waals surface area contributed by atoms with Gasteiger partial charge in [-0.05, 0) is 32.3 Å². The second kappa shape index (κ2) is 10.9. The van der Waals surface area contributed by atoms with E-state index in [-0.39, 0.29) is 29.8 Å². The van der Waals surface area contributed by atoms with Gasteiger partial charge < -0.3 is 15.1 Å². The van der Waals surface area contributed by atoms with Crippen LogP contribution in [0, 0.1) is 6.92 Å². The van der Waals surface area contributed by atoms with Gasteiger partial charge in [0.25, 0.3) is 11.8 Å². The predicted molar refractivity (Wildman–Crippen MR) is 122 cm³/mol. The van der Waals surface area contributed by atoms with Crippen molar-refractivity contribution in [2.45, 2.75) is 53.1 Å². The van der Waals surface area contributed by atoms with Crippen molar-refractivity contribution < 1.29 is 14.4 Å². The van der Waals surface area contributed by atoms with Crippen LogP contribution in [-0.4, -0.2) is 63.5 Å². The molecule has 2 heterocycles. The number of carbonyl (C=O) groups excluding carboxylic acids is 3. The highest BCUT2D eigenvalue weighted by Gasteiger charge is 2.27. The predicted octanol–water partition coefficient (Wildman–Crippen LogP) is 2.62. The van der Waals surface area contributed by atoms with Crippen molar-refractivity contribution in [2.75, 3.05) is 26.2 Å². The molecule has 1 aromatic heterocycles. The Labute approximate surface area is 189 Å². The molecule has 0 spiro atoms. The number of hydrogen-bond acceptors (Lipinski definition) is 4. The van der Waals surface area contributed by atoms with Crippen molar-refractivity contribution >= 4 is 17.7 Å². The standard InChI is InChI=1S/C24H33N5O3/c1-4-12-25-22(30)11-15-27(5-2)23(31)20-16-21-24(32)28(13-6-14-29(21)26-20)17-19-9-7-18(3)8-10-19/h7-10,16H,4-6,11-15,17H2,1-3H3,(H,25,30). The fourth-order valence-corrected chi connectivity index (χ4v) is 3.76. The molecule has 0 atom stereocenters. The number of hydrogen-bond donors (Lipinski definition) is 1. The van der Waals surface area contributed by atoms with E-state index in [0.29, 0.717) is 45.0 Å². The van der Waals surface area contributed by atoms with Crippen molar-refractivity contribution in [3.63, 3.8) is 0 Å². The van der Waals surface area contributed by atoms with Crippen molar-refractivity contribution in [2.24, 2.45) is 0 Å². The maximum atomic E-state index is 13.2. The molecule has 8 nitrogen and oxygen atoms in total. The van der Waals surface area contributed by atoms with E-state index in [2.05, 4.69) is 10.4 Å². The molecule has 1 N–H and O–H groups in total. The van der Waals surface area contributed by atoms with Crippen LogP contribution in [0.25, 0.3) is 0 Å². The highest BCUT2D eigenvalue weighted by molar-refractivity contribution is 5.98. The zero-order chi connectivity index (χ0) is 23.1. The van der Waals surface area contributed by atoms with Gasteiger partial charge in [0, 0.05) is 51.8 Å². The third kappa shape index (κ3) is 5.75. The van der Waals surface area contributed by atoms with E-state index in [1.807, 2.05) is 49.9 Å². The zero-order valence-electron chi connectivity index (χ0n) is 19.3. The minimum Gasteiger partial charge on any atom is -0.356 e. The van der Waals surface area contributed by atoms with Crippen molar-refractivity contribution in [3.8, 4) is 0 Å². The number of fused-ring (bicyclic) bond motifs is 1. The summed E-state index contributed by atoms with van der Waals surface area (Å²) in [6, 6.07) is 9.75. The number of rotatable bonds is 9. The van der Waals surface area contributed by atoms with Crippen LogP contribution in [0.5, 0.6) is 0 Å². The summed E-state index contributed by atoms with van der Waals surface area (Å²) in [5.74, 6) is -0.438. The third-order valence-corrected chi connectivity index (χ3v) is 5.65. The lowest BCUT2D eigenvalue weighted by atomic mass is 10.1. The molecule has 2 aromatic rings. The second-order valence-corrected chi connectivity index (χ2v) is 8.19. The molecular weight excluding hydrogens is 406 g/mol. The summed E-state index contributed by atoms with van der Waals surface area (Å²) in [4.78, 5) is 41.5. The van der Waals surface area contributed by atoms with Crippen LogP contribution in [0.3, 0.4) is 0 Å². The van der Waals surface area contributed by atoms with Gasteiger partial charge in [-0.15, -0.1) is 0 Å². The monoisotopic (exact) mass is 439 g/mol. The minimum atomic E-state index is -0.255. The van der Waals surface area contributed by atoms with Gasteiger partial charge >= 0.3 is 0 Å². The Balaban J connectivity index is 1.70. The van der Waals surface area contributed by atoms with Gasteiger partial charge in [0.2, 0.25) is 5.91 Å². The quantitative estimate of drug-likeness (QED) is 0.651. The van der Waals surface area contributed by atoms with Gasteiger partial charge in [0.05, 0.1) is 0 Å². The molecule has 0 saturated heterocycles. The number of carbonyl (C=O) groups is 3. The van der Waals surface area contributed by atoms with E-state index in [9.17, 15) is 14.4 Å². The Morgan fingerprint density at radius 1 is 1.16 bits per heavy atom. The lowest BCUT2D eigenvalue weighted by Crippen LogP contribution is -2.35. The van der Waals surface area contributed by atoms with Gasteiger partial charge in [0.1, 0.15) is 5.69 Å². The SMILES string of the molecule is CCCNC(=O)CCN(CC)C(=O)c1cc2n(n1)CCCN(Cc1ccc(C)cc1)C2=O. The smallest absolute Gasteiger partial charge is 0.274 e. The molecule has 0 radical (unpaired) electrons. The first-order valence-corrected chi connectivity index (χ1v) is 11.4. The van der Waals surface area contributed by atoms with Crippen LogP contribution in [0.2, 0.25) is 0 Å². The summed E-state index contributed by atoms with van der Waals surface area (Å²) in [5, 5.41) is 7.26. The van der Waals surface area contributed by atoms with Crippen molar-refractivity contribution in [1.29, 1.82) is 0 Å². The summed E-state index contributed by atoms with van der Waals surface area (Å²) < 4.78 is 1.65. The Bertz CT molecular complexity index is 951. The molecule has 3 rings (SSSR count). The molecule has 1 aliphatic heterocycles. The zero-order valence-corrected chi connectivity index (χ0v) is 19.3. The highest BCUT2D eigenvalue weighted by atomic mass is 16.2. The van der Waals surface area contributed by atoms with Gasteiger partial charge in [-0.25, -0.2) is 0 Å². The molecular formula is C24H33N5O3. The van der Waals surface area contributed by atoms with Crippen molar-refractivity contribution in [3.05, 3.63) is 52.8 Å².